The number of carboxylic acid groups (broad SMARTS) is 1. The normalized spacial score (nSPS) is 12.1. The quantitative estimate of drug-likeness (QED) is 0.172. The van der Waals surface area contributed by atoms with Gasteiger partial charge >= 0.3 is 11.9 Å². The molecule has 0 rings (SSSR count). The van der Waals surface area contributed by atoms with Crippen molar-refractivity contribution in [2.24, 2.45) is 17.2 Å². The molecule has 0 aliphatic rings. The van der Waals surface area contributed by atoms with E-state index in [4.69, 9.17) is 22.3 Å². The Bertz CT molecular complexity index is 189. The zero-order valence-corrected chi connectivity index (χ0v) is 7.49. The number of unbranched alkanes of at least 4 members (excludes halogenated alkanes) is 1. The van der Waals surface area contributed by atoms with E-state index in [-0.39, 0.29) is 5.96 Å². The van der Waals surface area contributed by atoms with Crippen LogP contribution in [0.15, 0.2) is 0 Å². The number of nitrogens with one attached hydrogen (secondary N) is 1. The standard InChI is InChI=1S/C7H16N4O2/c8-5(6(12)13)3-1-2-4-11-7(9)10/h5H,1-4,8H2,(H,12,13)(H4,9,10,11)/p+1/t5-/m0/s1. The Balaban J connectivity index is 3.36. The van der Waals surface area contributed by atoms with E-state index in [2.05, 4.69) is 4.99 Å². The van der Waals surface area contributed by atoms with Gasteiger partial charge < -0.3 is 10.8 Å². The first-order chi connectivity index (χ1) is 6.04. The lowest BCUT2D eigenvalue weighted by atomic mass is 10.1. The second-order valence-electron chi connectivity index (χ2n) is 2.82. The number of aliphatic carboxylic acids is 1. The molecule has 76 valence electrons. The molecule has 0 bridgehead atoms. The van der Waals surface area contributed by atoms with Crippen molar-refractivity contribution in [1.29, 1.82) is 0 Å². The van der Waals surface area contributed by atoms with Gasteiger partial charge in [-0.2, -0.15) is 0 Å². The minimum atomic E-state index is -0.960. The SMILES string of the molecule is NC(N)=[NH+]CCCC[C@H](N)C(=O)O. The maximum absolute atomic E-state index is 10.3. The molecule has 0 aromatic carbocycles. The third kappa shape index (κ3) is 7.07. The number of hydrogen-bond donors (Lipinski definition) is 5. The summed E-state index contributed by atoms with van der Waals surface area (Å²) in [5, 5.41) is 8.44. The highest BCUT2D eigenvalue weighted by Crippen LogP contribution is 1.96. The van der Waals surface area contributed by atoms with E-state index < -0.39 is 12.0 Å². The molecule has 0 saturated heterocycles. The van der Waals surface area contributed by atoms with E-state index in [0.29, 0.717) is 13.0 Å². The van der Waals surface area contributed by atoms with Gasteiger partial charge in [-0.1, -0.05) is 0 Å². The molecule has 6 heteroatoms. The topological polar surface area (TPSA) is 129 Å². The molecule has 1 atom stereocenters. The van der Waals surface area contributed by atoms with Crippen molar-refractivity contribution in [2.45, 2.75) is 25.3 Å². The molecule has 8 N–H and O–H groups in total. The van der Waals surface area contributed by atoms with Crippen LogP contribution in [-0.4, -0.2) is 29.6 Å². The maximum atomic E-state index is 10.3. The highest BCUT2D eigenvalue weighted by molar-refractivity contribution is 5.72. The summed E-state index contributed by atoms with van der Waals surface area (Å²) in [6.45, 7) is 0.647. The van der Waals surface area contributed by atoms with Crippen LogP contribution in [0.25, 0.3) is 0 Å². The Hall–Kier alpha value is -1.30. The van der Waals surface area contributed by atoms with Crippen LogP contribution in [0, 0.1) is 0 Å². The lowest BCUT2D eigenvalue weighted by Crippen LogP contribution is -2.78. The second kappa shape index (κ2) is 6.24. The first kappa shape index (κ1) is 11.7. The molecule has 0 radical (unpaired) electrons. The lowest BCUT2D eigenvalue weighted by Gasteiger charge is -2.03. The van der Waals surface area contributed by atoms with Gasteiger partial charge in [-0.25, -0.2) is 0 Å². The van der Waals surface area contributed by atoms with E-state index in [1.807, 2.05) is 0 Å². The average molecular weight is 189 g/mol. The molecule has 0 aromatic rings. The second-order valence-corrected chi connectivity index (χ2v) is 2.82. The Labute approximate surface area is 76.8 Å². The van der Waals surface area contributed by atoms with Gasteiger partial charge in [-0.15, -0.1) is 0 Å². The molecule has 0 heterocycles. The fraction of sp³-hybridized carbons (Fsp3) is 0.714. The van der Waals surface area contributed by atoms with Gasteiger partial charge in [0.25, 0.3) is 0 Å². The molecule has 0 aromatic heterocycles. The van der Waals surface area contributed by atoms with E-state index >= 15 is 0 Å². The maximum Gasteiger partial charge on any atom is 0.338 e. The van der Waals surface area contributed by atoms with Gasteiger partial charge in [0.2, 0.25) is 0 Å². The smallest absolute Gasteiger partial charge is 0.338 e. The summed E-state index contributed by atoms with van der Waals surface area (Å²) in [7, 11) is 0. The summed E-state index contributed by atoms with van der Waals surface area (Å²) >= 11 is 0. The highest BCUT2D eigenvalue weighted by atomic mass is 16.4. The van der Waals surface area contributed by atoms with Crippen LogP contribution in [0.3, 0.4) is 0 Å². The highest BCUT2D eigenvalue weighted by Gasteiger charge is 2.09. The molecule has 0 fully saturated rings. The number of carboxylic acids is 1. The zero-order chi connectivity index (χ0) is 10.3. The summed E-state index contributed by atoms with van der Waals surface area (Å²) in [5.74, 6) is -0.777. The van der Waals surface area contributed by atoms with Gasteiger partial charge in [0.05, 0.1) is 6.54 Å². The predicted molar refractivity (Wildman–Crippen MR) is 48.7 cm³/mol. The Kier molecular flexibility index (Phi) is 5.62. The van der Waals surface area contributed by atoms with Gasteiger partial charge in [0.15, 0.2) is 0 Å². The van der Waals surface area contributed by atoms with Crippen molar-refractivity contribution >= 4 is 11.9 Å². The van der Waals surface area contributed by atoms with Gasteiger partial charge in [0, 0.05) is 0 Å². The molecular weight excluding hydrogens is 172 g/mol. The van der Waals surface area contributed by atoms with Crippen molar-refractivity contribution in [3.8, 4) is 0 Å². The largest absolute Gasteiger partial charge is 0.480 e. The Morgan fingerprint density at radius 3 is 2.46 bits per heavy atom. The molecule has 6 nitrogen and oxygen atoms in total. The van der Waals surface area contributed by atoms with Crippen molar-refractivity contribution in [3.63, 3.8) is 0 Å². The summed E-state index contributed by atoms with van der Waals surface area (Å²) in [6, 6.07) is -0.765. The van der Waals surface area contributed by atoms with Crippen molar-refractivity contribution in [2.75, 3.05) is 6.54 Å². The van der Waals surface area contributed by atoms with Gasteiger partial charge in [-0.05, 0) is 19.3 Å². The zero-order valence-electron chi connectivity index (χ0n) is 7.49. The molecular formula is C7H17N4O2+. The third-order valence-corrected chi connectivity index (χ3v) is 1.59. The number of rotatable bonds is 6. The first-order valence-corrected chi connectivity index (χ1v) is 4.14. The van der Waals surface area contributed by atoms with E-state index in [1.54, 1.807) is 0 Å². The van der Waals surface area contributed by atoms with Crippen molar-refractivity contribution < 1.29 is 14.9 Å². The fourth-order valence-corrected chi connectivity index (χ4v) is 0.845. The summed E-state index contributed by atoms with van der Waals surface area (Å²) < 4.78 is 0. The minimum Gasteiger partial charge on any atom is -0.480 e. The number of guanidine groups is 1. The monoisotopic (exact) mass is 189 g/mol. The van der Waals surface area contributed by atoms with E-state index in [9.17, 15) is 4.79 Å². The predicted octanol–water partition coefficient (Wildman–Crippen LogP) is -3.08. The van der Waals surface area contributed by atoms with Crippen LogP contribution < -0.4 is 22.2 Å². The summed E-state index contributed by atoms with van der Waals surface area (Å²) in [4.78, 5) is 13.0. The van der Waals surface area contributed by atoms with E-state index in [1.165, 1.54) is 0 Å². The molecule has 0 spiro atoms. The summed E-state index contributed by atoms with van der Waals surface area (Å²) in [6.07, 6.45) is 2.02. The fourth-order valence-electron chi connectivity index (χ4n) is 0.845. The van der Waals surface area contributed by atoms with Crippen LogP contribution >= 0.6 is 0 Å². The van der Waals surface area contributed by atoms with Crippen LogP contribution in [0.5, 0.6) is 0 Å². The van der Waals surface area contributed by atoms with Crippen molar-refractivity contribution in [1.82, 2.24) is 0 Å². The molecule has 13 heavy (non-hydrogen) atoms. The summed E-state index contributed by atoms with van der Waals surface area (Å²) in [5.41, 5.74) is 15.6. The first-order valence-electron chi connectivity index (χ1n) is 4.14. The van der Waals surface area contributed by atoms with Crippen molar-refractivity contribution in [3.05, 3.63) is 0 Å². The van der Waals surface area contributed by atoms with Crippen LogP contribution in [-0.2, 0) is 4.79 Å². The Morgan fingerprint density at radius 1 is 1.38 bits per heavy atom. The molecule has 0 aliphatic heterocycles. The van der Waals surface area contributed by atoms with Crippen LogP contribution in [0.1, 0.15) is 19.3 Å². The number of carbonyl (C=O) groups is 1. The van der Waals surface area contributed by atoms with Gasteiger partial charge in [-0.3, -0.25) is 21.3 Å². The average Bonchev–Trinajstić information content (AvgIpc) is 2.02. The van der Waals surface area contributed by atoms with Gasteiger partial charge in [0.1, 0.15) is 6.04 Å². The number of nitrogens with two attached hydrogens (primary N) is 3. The van der Waals surface area contributed by atoms with E-state index in [0.717, 1.165) is 12.8 Å². The molecule has 0 saturated carbocycles. The van der Waals surface area contributed by atoms with Crippen LogP contribution in [0.4, 0.5) is 0 Å². The van der Waals surface area contributed by atoms with Crippen LogP contribution in [0.2, 0.25) is 0 Å². The molecule has 0 aliphatic carbocycles. The Morgan fingerprint density at radius 2 is 2.00 bits per heavy atom. The number of hydrogen-bond acceptors (Lipinski definition) is 2. The minimum absolute atomic E-state index is 0.183. The molecule has 0 amide bonds. The molecule has 0 unspecified atom stereocenters. The lowest BCUT2D eigenvalue weighted by molar-refractivity contribution is -0.459. The third-order valence-electron chi connectivity index (χ3n) is 1.59.